The van der Waals surface area contributed by atoms with Gasteiger partial charge in [0, 0.05) is 18.0 Å². The Hall–Kier alpha value is -3.47. The second kappa shape index (κ2) is 13.1. The van der Waals surface area contributed by atoms with Gasteiger partial charge in [0.2, 0.25) is 11.8 Å². The molecule has 3 atom stereocenters. The molecular weight excluding hydrogens is 498 g/mol. The number of quaternary nitrogens is 1. The summed E-state index contributed by atoms with van der Waals surface area (Å²) in [5.74, 6) is -0.982. The van der Waals surface area contributed by atoms with Crippen LogP contribution in [-0.2, 0) is 16.1 Å². The van der Waals surface area contributed by atoms with Gasteiger partial charge in [0.15, 0.2) is 0 Å². The third-order valence-electron chi connectivity index (χ3n) is 8.14. The van der Waals surface area contributed by atoms with Crippen LogP contribution in [0.15, 0.2) is 54.6 Å². The molecule has 10 heteroatoms. The largest absolute Gasteiger partial charge is 0.462 e. The lowest BCUT2D eigenvalue weighted by Crippen LogP contribution is -2.66. The van der Waals surface area contributed by atoms with Crippen molar-refractivity contribution in [1.82, 2.24) is 15.6 Å². The van der Waals surface area contributed by atoms with Crippen LogP contribution >= 0.6 is 0 Å². The Balaban J connectivity index is 1.46. The van der Waals surface area contributed by atoms with Gasteiger partial charge in [-0.25, -0.2) is 9.39 Å². The van der Waals surface area contributed by atoms with Gasteiger partial charge < -0.3 is 21.3 Å². The third kappa shape index (κ3) is 7.35. The van der Waals surface area contributed by atoms with Gasteiger partial charge in [-0.1, -0.05) is 67.4 Å². The number of hydrogen-bond acceptors (Lipinski definition) is 5. The Kier molecular flexibility index (Phi) is 9.55. The summed E-state index contributed by atoms with van der Waals surface area (Å²) < 4.78 is 0.235. The average Bonchev–Trinajstić information content (AvgIpc) is 2.93. The fraction of sp³-hybridized carbons (Fsp3) is 0.483. The molecule has 2 aromatic rings. The first kappa shape index (κ1) is 28.5. The van der Waals surface area contributed by atoms with Crippen molar-refractivity contribution in [3.63, 3.8) is 0 Å². The van der Waals surface area contributed by atoms with Crippen LogP contribution in [0, 0.1) is 5.92 Å². The van der Waals surface area contributed by atoms with Crippen molar-refractivity contribution in [2.75, 3.05) is 39.3 Å². The van der Waals surface area contributed by atoms with Gasteiger partial charge in [0.05, 0.1) is 19.7 Å². The number of benzene rings is 2. The summed E-state index contributed by atoms with van der Waals surface area (Å²) in [7, 11) is 0. The number of aliphatic hydroxyl groups excluding tert-OH is 1. The molecule has 1 saturated carbocycles. The quantitative estimate of drug-likeness (QED) is 0.293. The number of amides is 3. The molecule has 0 radical (unpaired) electrons. The van der Waals surface area contributed by atoms with E-state index in [0.29, 0.717) is 44.8 Å². The topological polar surface area (TPSA) is 145 Å². The lowest BCUT2D eigenvalue weighted by molar-refractivity contribution is -0.977. The summed E-state index contributed by atoms with van der Waals surface area (Å²) in [6, 6.07) is 16.3. The van der Waals surface area contributed by atoms with Gasteiger partial charge in [0.1, 0.15) is 25.7 Å². The Morgan fingerprint density at radius 1 is 1.00 bits per heavy atom. The Morgan fingerprint density at radius 3 is 2.28 bits per heavy atom. The summed E-state index contributed by atoms with van der Waals surface area (Å²) in [5.41, 5.74) is 11.1. The molecular formula is C29H40N5O5+. The number of nitrogens with one attached hydrogen (secondary N) is 2. The molecule has 0 spiro atoms. The molecule has 1 aliphatic carbocycles. The molecule has 10 nitrogen and oxygen atoms in total. The second-order valence-electron chi connectivity index (χ2n) is 10.7. The van der Waals surface area contributed by atoms with Gasteiger partial charge in [0.25, 0.3) is 0 Å². The molecule has 4 rings (SSSR count). The number of nitrogens with two attached hydrogens (primary N) is 1. The van der Waals surface area contributed by atoms with Crippen molar-refractivity contribution in [3.8, 4) is 0 Å². The van der Waals surface area contributed by atoms with Crippen molar-refractivity contribution in [2.45, 2.75) is 44.2 Å². The third-order valence-corrected chi connectivity index (χ3v) is 8.14. The minimum absolute atomic E-state index is 0.0272. The molecule has 1 saturated heterocycles. The smallest absolute Gasteiger partial charge is 0.449 e. The number of primary amides is 1. The lowest BCUT2D eigenvalue weighted by Gasteiger charge is -2.42. The number of carboxylic acid groups (broad SMARTS) is 1. The molecule has 2 fully saturated rings. The summed E-state index contributed by atoms with van der Waals surface area (Å²) in [5, 5.41) is 21.6. The molecule has 210 valence electrons. The van der Waals surface area contributed by atoms with E-state index in [1.807, 2.05) is 42.5 Å². The molecule has 0 bridgehead atoms. The second-order valence-corrected chi connectivity index (χ2v) is 10.7. The van der Waals surface area contributed by atoms with E-state index in [4.69, 9.17) is 5.73 Å². The van der Waals surface area contributed by atoms with Gasteiger partial charge in [-0.15, -0.1) is 0 Å². The fourth-order valence-corrected chi connectivity index (χ4v) is 6.04. The zero-order valence-corrected chi connectivity index (χ0v) is 22.3. The minimum Gasteiger partial charge on any atom is -0.462 e. The van der Waals surface area contributed by atoms with E-state index < -0.39 is 18.0 Å². The maximum atomic E-state index is 13.4. The van der Waals surface area contributed by atoms with Crippen LogP contribution in [0.5, 0.6) is 0 Å². The highest BCUT2D eigenvalue weighted by Crippen LogP contribution is 2.38. The molecule has 1 heterocycles. The Labute approximate surface area is 229 Å². The lowest BCUT2D eigenvalue weighted by atomic mass is 9.74. The molecule has 3 unspecified atom stereocenters. The fourth-order valence-electron chi connectivity index (χ4n) is 6.04. The highest BCUT2D eigenvalue weighted by Gasteiger charge is 2.37. The normalized spacial score (nSPS) is 22.0. The Morgan fingerprint density at radius 2 is 1.67 bits per heavy atom. The number of hydrogen-bond donors (Lipinski definition) is 5. The van der Waals surface area contributed by atoms with E-state index in [1.165, 1.54) is 0 Å². The van der Waals surface area contributed by atoms with Crippen molar-refractivity contribution in [3.05, 3.63) is 71.3 Å². The summed E-state index contributed by atoms with van der Waals surface area (Å²) in [4.78, 5) is 39.3. The number of β-amino-alcohol motifs (C(OH)–C–C–N with tert-alkyl or cyclic N) is 1. The van der Waals surface area contributed by atoms with Gasteiger partial charge >= 0.3 is 6.09 Å². The highest BCUT2D eigenvalue weighted by atomic mass is 16.4. The SMILES string of the molecule is NC(=O)C(NC(=O)C1CCCCC1c1ccc(C[N+]2(NC(=O)O)CCN(CCO)CC2)cc1)c1ccccc1. The number of carbonyl (C=O) groups excluding carboxylic acids is 2. The predicted molar refractivity (Wildman–Crippen MR) is 146 cm³/mol. The van der Waals surface area contributed by atoms with Crippen LogP contribution in [0.2, 0.25) is 0 Å². The van der Waals surface area contributed by atoms with Crippen LogP contribution < -0.4 is 16.5 Å². The maximum Gasteiger partial charge on any atom is 0.449 e. The van der Waals surface area contributed by atoms with Gasteiger partial charge in [-0.2, -0.15) is 5.43 Å². The van der Waals surface area contributed by atoms with E-state index >= 15 is 0 Å². The van der Waals surface area contributed by atoms with Crippen molar-refractivity contribution >= 4 is 17.9 Å². The first-order chi connectivity index (χ1) is 18.8. The summed E-state index contributed by atoms with van der Waals surface area (Å²) in [6.07, 6.45) is 2.55. The Bertz CT molecular complexity index is 1120. The molecule has 2 aromatic carbocycles. The van der Waals surface area contributed by atoms with Crippen LogP contribution in [-0.4, -0.2) is 76.9 Å². The standard InChI is InChI=1S/C29H39N5O5/c30-27(36)26(23-6-2-1-3-7-23)31-28(37)25-9-5-4-8-24(25)22-12-10-21(11-13-22)20-34(32-29(38)39)17-14-33(15-18-34)16-19-35/h1-3,6-7,10-13,24-26,32,35H,4-5,8-9,14-20H2,(H3-,30,31,36,37,38,39)/p+1. The van der Waals surface area contributed by atoms with E-state index in [1.54, 1.807) is 12.1 Å². The van der Waals surface area contributed by atoms with Crippen LogP contribution in [0.25, 0.3) is 0 Å². The molecule has 39 heavy (non-hydrogen) atoms. The first-order valence-electron chi connectivity index (χ1n) is 13.7. The number of rotatable bonds is 10. The minimum atomic E-state index is -1.05. The monoisotopic (exact) mass is 538 g/mol. The average molecular weight is 539 g/mol. The molecule has 0 aromatic heterocycles. The zero-order valence-electron chi connectivity index (χ0n) is 22.3. The van der Waals surface area contributed by atoms with Crippen molar-refractivity contribution < 1.29 is 29.2 Å². The zero-order chi connectivity index (χ0) is 27.8. The number of aliphatic hydroxyl groups is 1. The van der Waals surface area contributed by atoms with Crippen molar-refractivity contribution in [1.29, 1.82) is 0 Å². The first-order valence-corrected chi connectivity index (χ1v) is 13.7. The number of nitrogens with zero attached hydrogens (tertiary/aromatic N) is 2. The van der Waals surface area contributed by atoms with Gasteiger partial charge in [-0.05, 0) is 29.9 Å². The predicted octanol–water partition coefficient (Wildman–Crippen LogP) is 2.11. The molecule has 6 N–H and O–H groups in total. The summed E-state index contributed by atoms with van der Waals surface area (Å²) in [6.45, 7) is 3.82. The van der Waals surface area contributed by atoms with Gasteiger partial charge in [-0.3, -0.25) is 14.5 Å². The highest BCUT2D eigenvalue weighted by molar-refractivity contribution is 5.89. The van der Waals surface area contributed by atoms with E-state index in [0.717, 1.165) is 36.8 Å². The molecule has 3 amide bonds. The maximum absolute atomic E-state index is 13.4. The summed E-state index contributed by atoms with van der Waals surface area (Å²) >= 11 is 0. The number of piperazine rings is 1. The molecule has 2 aliphatic rings. The number of carbonyl (C=O) groups is 3. The van der Waals surface area contributed by atoms with Crippen LogP contribution in [0.4, 0.5) is 4.79 Å². The van der Waals surface area contributed by atoms with Crippen LogP contribution in [0.1, 0.15) is 54.3 Å². The van der Waals surface area contributed by atoms with E-state index in [2.05, 4.69) is 15.6 Å². The van der Waals surface area contributed by atoms with Crippen molar-refractivity contribution in [2.24, 2.45) is 11.7 Å². The molecule has 1 aliphatic heterocycles. The van der Waals surface area contributed by atoms with E-state index in [-0.39, 0.29) is 28.9 Å². The van der Waals surface area contributed by atoms with E-state index in [9.17, 15) is 24.6 Å². The van der Waals surface area contributed by atoms with Crippen LogP contribution in [0.3, 0.4) is 0 Å².